The minimum Gasteiger partial charge on any atom is -0.490 e. The molecule has 4 rings (SSSR count). The van der Waals surface area contributed by atoms with E-state index in [2.05, 4.69) is 0 Å². The lowest BCUT2D eigenvalue weighted by Gasteiger charge is -2.18. The molecule has 3 amide bonds. The molecule has 9 nitrogen and oxygen atoms in total. The Morgan fingerprint density at radius 2 is 1.83 bits per heavy atom. The number of hydrogen-bond donors (Lipinski definition) is 0. The van der Waals surface area contributed by atoms with Gasteiger partial charge in [0.05, 0.1) is 15.1 Å². The van der Waals surface area contributed by atoms with Crippen LogP contribution in [0.25, 0.3) is 6.08 Å². The first-order chi connectivity index (χ1) is 17.2. The predicted molar refractivity (Wildman–Crippen MR) is 143 cm³/mol. The summed E-state index contributed by atoms with van der Waals surface area (Å²) in [4.78, 5) is 40.6. The first kappa shape index (κ1) is 26.5. The molecule has 2 heterocycles. The fourth-order valence-electron chi connectivity index (χ4n) is 3.75. The Bertz CT molecular complexity index is 1320. The van der Waals surface area contributed by atoms with E-state index in [1.54, 1.807) is 42.2 Å². The van der Waals surface area contributed by atoms with E-state index in [4.69, 9.17) is 8.92 Å². The van der Waals surface area contributed by atoms with Gasteiger partial charge in [-0.2, -0.15) is 8.42 Å². The summed E-state index contributed by atoms with van der Waals surface area (Å²) in [5.41, 5.74) is 0.517. The van der Waals surface area contributed by atoms with Crippen LogP contribution < -0.4 is 8.92 Å². The van der Waals surface area contributed by atoms with E-state index >= 15 is 0 Å². The van der Waals surface area contributed by atoms with Gasteiger partial charge in [-0.3, -0.25) is 19.3 Å². The number of nitrogens with zero attached hydrogens (tertiary/aromatic N) is 2. The average molecular weight is 642 g/mol. The van der Waals surface area contributed by atoms with E-state index in [0.717, 1.165) is 29.5 Å². The Morgan fingerprint density at radius 3 is 2.50 bits per heavy atom. The Labute approximate surface area is 227 Å². The van der Waals surface area contributed by atoms with Crippen LogP contribution in [-0.4, -0.2) is 61.5 Å². The van der Waals surface area contributed by atoms with E-state index in [9.17, 15) is 22.8 Å². The maximum absolute atomic E-state index is 12.9. The van der Waals surface area contributed by atoms with Crippen molar-refractivity contribution in [3.05, 3.63) is 56.5 Å². The third-order valence-corrected chi connectivity index (χ3v) is 8.42. The number of carbonyl (C=O) groups excluding carboxylic acids is 3. The minimum atomic E-state index is -4.10. The van der Waals surface area contributed by atoms with Gasteiger partial charge in [0.25, 0.3) is 11.1 Å². The molecule has 0 unspecified atom stereocenters. The first-order valence-corrected chi connectivity index (χ1v) is 14.5. The molecule has 190 valence electrons. The molecule has 0 aliphatic carbocycles. The topological polar surface area (TPSA) is 110 Å². The van der Waals surface area contributed by atoms with Gasteiger partial charge in [-0.15, -0.1) is 0 Å². The molecule has 0 bridgehead atoms. The van der Waals surface area contributed by atoms with Crippen LogP contribution in [0.2, 0.25) is 0 Å². The third kappa shape index (κ3) is 5.86. The number of amides is 3. The van der Waals surface area contributed by atoms with Gasteiger partial charge in [0.1, 0.15) is 11.4 Å². The molecule has 2 aliphatic heterocycles. The Balaban J connectivity index is 1.58. The van der Waals surface area contributed by atoms with Crippen LogP contribution in [-0.2, 0) is 19.7 Å². The van der Waals surface area contributed by atoms with Gasteiger partial charge in [0, 0.05) is 13.1 Å². The summed E-state index contributed by atoms with van der Waals surface area (Å²) in [5, 5.41) is -0.507. The standard InChI is InChI=1S/C24H23IN2O7S2/c1-2-33-19-13-16(12-18(25)22(19)34-36(31,32)17-8-4-3-5-9-17)14-20-23(29)27(24(30)35-20)15-21(28)26-10-6-7-11-26/h3-5,8-9,12-14H,2,6-7,10-11,15H2,1H3/b20-14-. The van der Waals surface area contributed by atoms with E-state index < -0.39 is 21.3 Å². The van der Waals surface area contributed by atoms with Crippen LogP contribution in [0.15, 0.2) is 52.3 Å². The van der Waals surface area contributed by atoms with Crippen LogP contribution in [0.5, 0.6) is 11.5 Å². The maximum Gasteiger partial charge on any atom is 0.339 e. The Kier molecular flexibility index (Phi) is 8.25. The Hall–Kier alpha value is -2.58. The van der Waals surface area contributed by atoms with Gasteiger partial charge >= 0.3 is 10.1 Å². The fourth-order valence-corrected chi connectivity index (χ4v) is 6.45. The van der Waals surface area contributed by atoms with Gasteiger partial charge in [-0.25, -0.2) is 0 Å². The largest absolute Gasteiger partial charge is 0.490 e. The monoisotopic (exact) mass is 642 g/mol. The number of benzene rings is 2. The number of imide groups is 1. The Morgan fingerprint density at radius 1 is 1.14 bits per heavy atom. The molecular formula is C24H23IN2O7S2. The molecule has 0 atom stereocenters. The SMILES string of the molecule is CCOc1cc(/C=C2\SC(=O)N(CC(=O)N3CCCC3)C2=O)cc(I)c1OS(=O)(=O)c1ccccc1. The zero-order valence-electron chi connectivity index (χ0n) is 19.3. The van der Waals surface area contributed by atoms with Crippen molar-refractivity contribution < 1.29 is 31.7 Å². The normalized spacial score (nSPS) is 17.2. The quantitative estimate of drug-likeness (QED) is 0.241. The summed E-state index contributed by atoms with van der Waals surface area (Å²) in [7, 11) is -4.10. The van der Waals surface area contributed by atoms with Crippen molar-refractivity contribution in [3.8, 4) is 11.5 Å². The van der Waals surface area contributed by atoms with Gasteiger partial charge in [-0.05, 0) is 90.0 Å². The molecular weight excluding hydrogens is 619 g/mol. The van der Waals surface area contributed by atoms with Crippen molar-refractivity contribution in [1.82, 2.24) is 9.80 Å². The van der Waals surface area contributed by atoms with E-state index in [1.807, 2.05) is 22.6 Å². The molecule has 2 saturated heterocycles. The van der Waals surface area contributed by atoms with E-state index in [-0.39, 0.29) is 40.4 Å². The molecule has 2 aromatic rings. The van der Waals surface area contributed by atoms with Crippen LogP contribution in [0.1, 0.15) is 25.3 Å². The van der Waals surface area contributed by atoms with Gasteiger partial charge < -0.3 is 13.8 Å². The number of halogens is 1. The zero-order valence-corrected chi connectivity index (χ0v) is 23.1. The zero-order chi connectivity index (χ0) is 25.9. The molecule has 0 saturated carbocycles. The summed E-state index contributed by atoms with van der Waals surface area (Å²) >= 11 is 2.69. The lowest BCUT2D eigenvalue weighted by Crippen LogP contribution is -2.40. The average Bonchev–Trinajstić information content (AvgIpc) is 3.47. The second-order valence-corrected chi connectivity index (χ2v) is 11.7. The number of hydrogen-bond acceptors (Lipinski definition) is 8. The lowest BCUT2D eigenvalue weighted by molar-refractivity contribution is -0.135. The fraction of sp³-hybridized carbons (Fsp3) is 0.292. The minimum absolute atomic E-state index is 0.00415. The van der Waals surface area contributed by atoms with E-state index in [1.165, 1.54) is 18.2 Å². The number of carbonyl (C=O) groups is 3. The molecule has 0 radical (unpaired) electrons. The molecule has 36 heavy (non-hydrogen) atoms. The van der Waals surface area contributed by atoms with Crippen molar-refractivity contribution in [2.45, 2.75) is 24.7 Å². The number of thioether (sulfide) groups is 1. The lowest BCUT2D eigenvalue weighted by atomic mass is 10.2. The summed E-state index contributed by atoms with van der Waals surface area (Å²) in [6.07, 6.45) is 3.35. The highest BCUT2D eigenvalue weighted by molar-refractivity contribution is 14.1. The molecule has 2 aliphatic rings. The van der Waals surface area contributed by atoms with Crippen LogP contribution in [0.3, 0.4) is 0 Å². The van der Waals surface area contributed by atoms with Crippen LogP contribution in [0.4, 0.5) is 4.79 Å². The van der Waals surface area contributed by atoms with Crippen molar-refractivity contribution in [1.29, 1.82) is 0 Å². The number of rotatable bonds is 8. The summed E-state index contributed by atoms with van der Waals surface area (Å²) in [6.45, 7) is 2.98. The second kappa shape index (κ2) is 11.2. The predicted octanol–water partition coefficient (Wildman–Crippen LogP) is 4.12. The van der Waals surface area contributed by atoms with Gasteiger partial charge in [0.15, 0.2) is 11.5 Å². The molecule has 2 fully saturated rings. The molecule has 0 spiro atoms. The van der Waals surface area contributed by atoms with Crippen molar-refractivity contribution in [3.63, 3.8) is 0 Å². The second-order valence-electron chi connectivity index (χ2n) is 7.97. The van der Waals surface area contributed by atoms with Crippen LogP contribution in [0, 0.1) is 3.57 Å². The maximum atomic E-state index is 12.9. The molecule has 12 heteroatoms. The van der Waals surface area contributed by atoms with E-state index in [0.29, 0.717) is 22.2 Å². The summed E-state index contributed by atoms with van der Waals surface area (Å²) < 4.78 is 37.0. The highest BCUT2D eigenvalue weighted by atomic mass is 127. The first-order valence-electron chi connectivity index (χ1n) is 11.2. The molecule has 0 N–H and O–H groups in total. The highest BCUT2D eigenvalue weighted by Crippen LogP contribution is 2.38. The number of ether oxygens (including phenoxy) is 1. The van der Waals surface area contributed by atoms with Crippen LogP contribution >= 0.6 is 34.4 Å². The summed E-state index contributed by atoms with van der Waals surface area (Å²) in [5.74, 6) is -0.579. The van der Waals surface area contributed by atoms with Crippen molar-refractivity contribution in [2.24, 2.45) is 0 Å². The summed E-state index contributed by atoms with van der Waals surface area (Å²) in [6, 6.07) is 10.9. The highest BCUT2D eigenvalue weighted by Gasteiger charge is 2.37. The van der Waals surface area contributed by atoms with Crippen molar-refractivity contribution >= 4 is 67.6 Å². The third-order valence-electron chi connectivity index (χ3n) is 5.48. The van der Waals surface area contributed by atoms with Gasteiger partial charge in [-0.1, -0.05) is 18.2 Å². The smallest absolute Gasteiger partial charge is 0.339 e. The van der Waals surface area contributed by atoms with Gasteiger partial charge in [0.2, 0.25) is 5.91 Å². The number of likely N-dealkylation sites (tertiary alicyclic amines) is 1. The molecule has 0 aromatic heterocycles. The molecule has 2 aromatic carbocycles. The van der Waals surface area contributed by atoms with Crippen molar-refractivity contribution in [2.75, 3.05) is 26.2 Å².